The lowest BCUT2D eigenvalue weighted by atomic mass is 10.0. The second-order valence-corrected chi connectivity index (χ2v) is 4.97. The lowest BCUT2D eigenvalue weighted by Gasteiger charge is -2.02. The van der Waals surface area contributed by atoms with E-state index >= 15 is 0 Å². The fourth-order valence-electron chi connectivity index (χ4n) is 2.13. The third kappa shape index (κ3) is 18.3. The van der Waals surface area contributed by atoms with Crippen LogP contribution in [-0.4, -0.2) is 0 Å². The zero-order valence-corrected chi connectivity index (χ0v) is 12.0. The topological polar surface area (TPSA) is 0 Å². The van der Waals surface area contributed by atoms with Crippen molar-refractivity contribution in [2.45, 2.75) is 90.4 Å². The van der Waals surface area contributed by atoms with E-state index in [0.29, 0.717) is 0 Å². The molecule has 0 saturated carbocycles. The van der Waals surface area contributed by atoms with Gasteiger partial charge in [0.05, 0.1) is 0 Å². The van der Waals surface area contributed by atoms with Gasteiger partial charge in [0, 0.05) is 7.43 Å². The average Bonchev–Trinajstić information content (AvgIpc) is 2.31. The van der Waals surface area contributed by atoms with Crippen LogP contribution in [0.3, 0.4) is 0 Å². The number of allylic oxidation sites excluding steroid dienone is 1. The third-order valence-electron chi connectivity index (χ3n) is 3.26. The molecule has 0 heteroatoms. The van der Waals surface area contributed by atoms with E-state index in [0.717, 1.165) is 0 Å². The second kappa shape index (κ2) is 18.1. The monoisotopic (exact) mass is 236 g/mol. The van der Waals surface area contributed by atoms with Gasteiger partial charge in [0.1, 0.15) is 0 Å². The Morgan fingerprint density at radius 3 is 1.35 bits per heavy atom. The van der Waals surface area contributed by atoms with Gasteiger partial charge in [-0.1, -0.05) is 83.6 Å². The van der Waals surface area contributed by atoms with E-state index in [1.807, 2.05) is 6.08 Å². The van der Waals surface area contributed by atoms with E-state index in [9.17, 15) is 0 Å². The van der Waals surface area contributed by atoms with Gasteiger partial charge >= 0.3 is 0 Å². The van der Waals surface area contributed by atoms with Crippen LogP contribution in [0.5, 0.6) is 0 Å². The minimum Gasteiger partial charge on any atom is -0.103 e. The predicted molar refractivity (Wildman–Crippen MR) is 79.1 cm³/mol. The average molecular weight is 236 g/mol. The molecule has 0 heterocycles. The summed E-state index contributed by atoms with van der Waals surface area (Å²) >= 11 is 0. The lowest BCUT2D eigenvalue weighted by molar-refractivity contribution is 0.545. The fraction of sp³-hybridized carbons (Fsp3) is 0.824. The Morgan fingerprint density at radius 1 is 0.647 bits per heavy atom. The smallest absolute Gasteiger partial charge is 0 e. The Balaban J connectivity index is 0. The number of rotatable bonds is 13. The summed E-state index contributed by atoms with van der Waals surface area (Å²) in [5.41, 5.74) is 0. The summed E-state index contributed by atoms with van der Waals surface area (Å²) in [7, 11) is 0. The second-order valence-electron chi connectivity index (χ2n) is 4.97. The molecule has 0 nitrogen and oxygen atoms in total. The molecule has 0 aliphatic carbocycles. The molecule has 0 aromatic carbocycles. The van der Waals surface area contributed by atoms with Gasteiger partial charge in [-0.2, -0.15) is 0 Å². The molecular weight excluding hydrogens is 204 g/mol. The molecule has 17 heavy (non-hydrogen) atoms. The minimum absolute atomic E-state index is 0. The Hall–Kier alpha value is -0.260. The van der Waals surface area contributed by atoms with Gasteiger partial charge in [0.25, 0.3) is 0 Å². The van der Waals surface area contributed by atoms with Crippen molar-refractivity contribution in [3.05, 3.63) is 20.1 Å². The van der Waals surface area contributed by atoms with Gasteiger partial charge < -0.3 is 0 Å². The first-order chi connectivity index (χ1) is 7.91. The number of hydrogen-bond acceptors (Lipinski definition) is 0. The van der Waals surface area contributed by atoms with Crippen LogP contribution in [0.4, 0.5) is 0 Å². The maximum atomic E-state index is 3.75. The van der Waals surface area contributed by atoms with Crippen molar-refractivity contribution in [3.63, 3.8) is 0 Å². The molecule has 0 aromatic heterocycles. The molecule has 0 aliphatic heterocycles. The summed E-state index contributed by atoms with van der Waals surface area (Å²) in [6.45, 7) is 6.03. The molecule has 4 radical (unpaired) electrons. The summed E-state index contributed by atoms with van der Waals surface area (Å²) < 4.78 is 0. The highest BCUT2D eigenvalue weighted by molar-refractivity contribution is 4.65. The molecule has 0 unspecified atom stereocenters. The van der Waals surface area contributed by atoms with Crippen molar-refractivity contribution >= 4 is 0 Å². The molecule has 0 bridgehead atoms. The molecule has 0 saturated heterocycles. The van der Waals surface area contributed by atoms with Crippen LogP contribution in [0.25, 0.3) is 0 Å². The Labute approximate surface area is 111 Å². The summed E-state index contributed by atoms with van der Waals surface area (Å²) in [4.78, 5) is 0. The van der Waals surface area contributed by atoms with Crippen LogP contribution < -0.4 is 0 Å². The first-order valence-electron chi connectivity index (χ1n) is 7.52. The van der Waals surface area contributed by atoms with Crippen molar-refractivity contribution in [2.75, 3.05) is 0 Å². The van der Waals surface area contributed by atoms with Gasteiger partial charge in [0.2, 0.25) is 0 Å². The normalized spacial score (nSPS) is 9.94. The Kier molecular flexibility index (Phi) is 20.3. The summed E-state index contributed by atoms with van der Waals surface area (Å²) in [5, 5.41) is 0. The molecule has 0 aromatic rings. The van der Waals surface area contributed by atoms with Crippen LogP contribution in [-0.2, 0) is 0 Å². The molecule has 0 rings (SSSR count). The van der Waals surface area contributed by atoms with Crippen LogP contribution in [0.15, 0.2) is 12.7 Å². The first-order valence-corrected chi connectivity index (χ1v) is 7.52. The fourth-order valence-corrected chi connectivity index (χ4v) is 2.13. The van der Waals surface area contributed by atoms with E-state index in [4.69, 9.17) is 0 Å². The molecule has 0 atom stereocenters. The van der Waals surface area contributed by atoms with Gasteiger partial charge in [-0.15, -0.1) is 6.58 Å². The lowest BCUT2D eigenvalue weighted by Crippen LogP contribution is -1.82. The van der Waals surface area contributed by atoms with Crippen LogP contribution in [0.2, 0.25) is 0 Å². The van der Waals surface area contributed by atoms with E-state index in [1.54, 1.807) is 0 Å². The van der Waals surface area contributed by atoms with Crippen LogP contribution in [0, 0.1) is 7.43 Å². The van der Waals surface area contributed by atoms with E-state index in [-0.39, 0.29) is 7.43 Å². The highest BCUT2D eigenvalue weighted by atomic mass is 14.0. The van der Waals surface area contributed by atoms with Gasteiger partial charge in [0.15, 0.2) is 0 Å². The molecule has 0 N–H and O–H groups in total. The highest BCUT2D eigenvalue weighted by Crippen LogP contribution is 2.12. The Morgan fingerprint density at radius 2 is 1.00 bits per heavy atom. The van der Waals surface area contributed by atoms with Crippen molar-refractivity contribution < 1.29 is 0 Å². The molecule has 0 amide bonds. The van der Waals surface area contributed by atoms with Crippen molar-refractivity contribution in [3.8, 4) is 0 Å². The first kappa shape index (κ1) is 19.1. The van der Waals surface area contributed by atoms with Crippen LogP contribution in [0.1, 0.15) is 90.4 Å². The highest BCUT2D eigenvalue weighted by Gasteiger charge is 1.92. The summed E-state index contributed by atoms with van der Waals surface area (Å²) in [6, 6.07) is 0. The van der Waals surface area contributed by atoms with E-state index in [2.05, 4.69) is 13.5 Å². The van der Waals surface area contributed by atoms with Gasteiger partial charge in [-0.05, 0) is 12.8 Å². The largest absolute Gasteiger partial charge is 0.103 e. The van der Waals surface area contributed by atoms with Crippen molar-refractivity contribution in [1.82, 2.24) is 0 Å². The van der Waals surface area contributed by atoms with Crippen molar-refractivity contribution in [1.29, 1.82) is 0 Å². The van der Waals surface area contributed by atoms with E-state index in [1.165, 1.54) is 83.5 Å². The maximum Gasteiger partial charge on any atom is 0 e. The number of unbranched alkanes of at least 4 members (excludes halogenated alkanes) is 12. The van der Waals surface area contributed by atoms with Gasteiger partial charge in [-0.25, -0.2) is 0 Å². The van der Waals surface area contributed by atoms with Crippen LogP contribution >= 0.6 is 0 Å². The predicted octanol–water partition coefficient (Wildman–Crippen LogP) is 6.34. The van der Waals surface area contributed by atoms with E-state index < -0.39 is 0 Å². The zero-order chi connectivity index (χ0) is 11.9. The summed E-state index contributed by atoms with van der Waals surface area (Å²) in [6.07, 6.45) is 20.5. The molecule has 100 valence electrons. The standard InChI is InChI=1S/C16H32.C/c1-3-5-7-9-11-13-15-16-14-12-10-8-6-4-2;/h3H,1,4-16H2,2H3;. The molecule has 0 aliphatic rings. The maximum absolute atomic E-state index is 3.75. The molecule has 0 spiro atoms. The third-order valence-corrected chi connectivity index (χ3v) is 3.26. The zero-order valence-electron chi connectivity index (χ0n) is 12.0. The molecular formula is C17H32. The molecule has 0 fully saturated rings. The summed E-state index contributed by atoms with van der Waals surface area (Å²) in [5.74, 6) is 0. The SMILES string of the molecule is C=CCCCCCCCCCCCCCC.[C]. The van der Waals surface area contributed by atoms with Crippen molar-refractivity contribution in [2.24, 2.45) is 0 Å². The Bertz CT molecular complexity index is 126. The number of hydrogen-bond donors (Lipinski definition) is 0. The minimum atomic E-state index is 0. The quantitative estimate of drug-likeness (QED) is 0.258. The van der Waals surface area contributed by atoms with Gasteiger partial charge in [-0.3, -0.25) is 0 Å².